The first kappa shape index (κ1) is 6.89. The Labute approximate surface area is 52.0 Å². The van der Waals surface area contributed by atoms with E-state index in [1.165, 1.54) is 0 Å². The molecule has 1 aliphatic rings. The lowest BCUT2D eigenvalue weighted by Gasteiger charge is -2.28. The normalized spacial score (nSPS) is 27.7. The minimum Gasteiger partial charge on any atom is -0.378 e. The van der Waals surface area contributed by atoms with Gasteiger partial charge in [0.1, 0.15) is 0 Å². The summed E-state index contributed by atoms with van der Waals surface area (Å²) in [5.41, 5.74) is 4.43. The van der Waals surface area contributed by atoms with E-state index < -0.39 is 6.05 Å². The summed E-state index contributed by atoms with van der Waals surface area (Å²) in [6.07, 6.45) is 0.0739. The van der Waals surface area contributed by atoms with Crippen molar-refractivity contribution < 1.29 is 13.5 Å². The molecule has 1 heterocycles. The second-order valence-electron chi connectivity index (χ2n) is 2.25. The third-order valence-corrected chi connectivity index (χ3v) is 1.29. The van der Waals surface area contributed by atoms with Crippen molar-refractivity contribution in [2.24, 2.45) is 5.73 Å². The number of hydrogen-bond acceptors (Lipinski definition) is 2. The predicted octanol–water partition coefficient (Wildman–Crippen LogP) is 0.717. The van der Waals surface area contributed by atoms with Gasteiger partial charge in [0.25, 0.3) is 0 Å². The molecule has 1 aliphatic heterocycles. The topological polar surface area (TPSA) is 35.2 Å². The highest BCUT2D eigenvalue weighted by molar-refractivity contribution is 4.71. The van der Waals surface area contributed by atoms with Crippen LogP contribution in [0.5, 0.6) is 0 Å². The van der Waals surface area contributed by atoms with Crippen LogP contribution in [0.15, 0.2) is 0 Å². The second kappa shape index (κ2) is 2.19. The molecule has 0 saturated carbocycles. The SMILES string of the molecule is NC(F)(F)CC1CCO1. The smallest absolute Gasteiger partial charge is 0.302 e. The van der Waals surface area contributed by atoms with Gasteiger partial charge in [-0.15, -0.1) is 0 Å². The van der Waals surface area contributed by atoms with Crippen LogP contribution in [-0.4, -0.2) is 18.8 Å². The zero-order valence-corrected chi connectivity index (χ0v) is 4.94. The molecule has 1 rings (SSSR count). The molecule has 0 aromatic heterocycles. The highest BCUT2D eigenvalue weighted by Gasteiger charge is 2.31. The Morgan fingerprint density at radius 1 is 1.67 bits per heavy atom. The van der Waals surface area contributed by atoms with Crippen LogP contribution >= 0.6 is 0 Å². The van der Waals surface area contributed by atoms with E-state index in [4.69, 9.17) is 4.74 Å². The summed E-state index contributed by atoms with van der Waals surface area (Å²) >= 11 is 0. The number of hydrogen-bond donors (Lipinski definition) is 1. The molecule has 1 atom stereocenters. The Morgan fingerprint density at radius 2 is 2.22 bits per heavy atom. The van der Waals surface area contributed by atoms with Gasteiger partial charge in [0.15, 0.2) is 0 Å². The van der Waals surface area contributed by atoms with E-state index in [2.05, 4.69) is 5.73 Å². The van der Waals surface area contributed by atoms with E-state index in [-0.39, 0.29) is 12.5 Å². The lowest BCUT2D eigenvalue weighted by molar-refractivity contribution is -0.114. The van der Waals surface area contributed by atoms with Crippen molar-refractivity contribution in [3.8, 4) is 0 Å². The van der Waals surface area contributed by atoms with Gasteiger partial charge in [-0.05, 0) is 6.42 Å². The van der Waals surface area contributed by atoms with Crippen LogP contribution in [0.2, 0.25) is 0 Å². The van der Waals surface area contributed by atoms with Gasteiger partial charge in [-0.2, -0.15) is 8.78 Å². The zero-order chi connectivity index (χ0) is 6.91. The largest absolute Gasteiger partial charge is 0.378 e. The Hall–Kier alpha value is -0.220. The first-order valence-corrected chi connectivity index (χ1v) is 2.86. The number of halogens is 2. The van der Waals surface area contributed by atoms with E-state index in [0.717, 1.165) is 0 Å². The molecular weight excluding hydrogens is 128 g/mol. The second-order valence-corrected chi connectivity index (χ2v) is 2.25. The maximum absolute atomic E-state index is 11.9. The molecule has 1 fully saturated rings. The van der Waals surface area contributed by atoms with E-state index in [1.807, 2.05) is 0 Å². The molecule has 54 valence electrons. The summed E-state index contributed by atoms with van der Waals surface area (Å²) in [5.74, 6) is 0. The van der Waals surface area contributed by atoms with Gasteiger partial charge in [-0.1, -0.05) is 0 Å². The highest BCUT2D eigenvalue weighted by Crippen LogP contribution is 2.22. The van der Waals surface area contributed by atoms with Crippen molar-refractivity contribution >= 4 is 0 Å². The lowest BCUT2D eigenvalue weighted by Crippen LogP contribution is -2.39. The number of nitrogens with two attached hydrogens (primary N) is 1. The van der Waals surface area contributed by atoms with Gasteiger partial charge in [-0.3, -0.25) is 5.73 Å². The third kappa shape index (κ3) is 2.24. The minimum absolute atomic E-state index is 0.301. The number of ether oxygens (including phenoxy) is 1. The summed E-state index contributed by atoms with van der Waals surface area (Å²) in [5, 5.41) is 0. The van der Waals surface area contributed by atoms with Gasteiger partial charge < -0.3 is 4.74 Å². The molecule has 1 saturated heterocycles. The highest BCUT2D eigenvalue weighted by atomic mass is 19.3. The van der Waals surface area contributed by atoms with Crippen molar-refractivity contribution in [1.82, 2.24) is 0 Å². The molecule has 0 spiro atoms. The first-order valence-electron chi connectivity index (χ1n) is 2.86. The van der Waals surface area contributed by atoms with Crippen LogP contribution in [0.4, 0.5) is 8.78 Å². The average Bonchev–Trinajstić information content (AvgIpc) is 1.53. The van der Waals surface area contributed by atoms with Crippen molar-refractivity contribution in [3.05, 3.63) is 0 Å². The molecule has 0 aromatic carbocycles. The van der Waals surface area contributed by atoms with Crippen LogP contribution < -0.4 is 5.73 Å². The molecule has 0 aromatic rings. The Kier molecular flexibility index (Phi) is 1.68. The molecule has 2 nitrogen and oxygen atoms in total. The Morgan fingerprint density at radius 3 is 2.33 bits per heavy atom. The fraction of sp³-hybridized carbons (Fsp3) is 1.00. The van der Waals surface area contributed by atoms with Crippen LogP contribution in [0.3, 0.4) is 0 Å². The van der Waals surface area contributed by atoms with Gasteiger partial charge in [0.05, 0.1) is 12.5 Å². The zero-order valence-electron chi connectivity index (χ0n) is 4.94. The third-order valence-electron chi connectivity index (χ3n) is 1.29. The van der Waals surface area contributed by atoms with Crippen LogP contribution in [0.25, 0.3) is 0 Å². The minimum atomic E-state index is -3.05. The monoisotopic (exact) mass is 137 g/mol. The fourth-order valence-corrected chi connectivity index (χ4v) is 0.749. The van der Waals surface area contributed by atoms with E-state index in [9.17, 15) is 8.78 Å². The standard InChI is InChI=1S/C5H9F2NO/c6-5(7,8)3-4-1-2-9-4/h4H,1-3,8H2. The van der Waals surface area contributed by atoms with E-state index in [1.54, 1.807) is 0 Å². The maximum atomic E-state index is 11.9. The summed E-state index contributed by atoms with van der Waals surface area (Å²) in [6, 6.07) is -3.05. The average molecular weight is 137 g/mol. The van der Waals surface area contributed by atoms with Crippen LogP contribution in [0, 0.1) is 0 Å². The number of alkyl halides is 2. The summed E-state index contributed by atoms with van der Waals surface area (Å²) in [7, 11) is 0. The molecule has 1 unspecified atom stereocenters. The summed E-state index contributed by atoms with van der Waals surface area (Å²) < 4.78 is 28.5. The molecule has 4 heteroatoms. The van der Waals surface area contributed by atoms with Crippen molar-refractivity contribution in [3.63, 3.8) is 0 Å². The Bertz CT molecular complexity index is 97.6. The Balaban J connectivity index is 2.16. The molecule has 9 heavy (non-hydrogen) atoms. The first-order chi connectivity index (χ1) is 4.08. The summed E-state index contributed by atoms with van der Waals surface area (Å²) in [6.45, 7) is 0.598. The van der Waals surface area contributed by atoms with E-state index in [0.29, 0.717) is 13.0 Å². The molecule has 0 radical (unpaired) electrons. The molecule has 0 amide bonds. The molecule has 0 bridgehead atoms. The van der Waals surface area contributed by atoms with Crippen molar-refractivity contribution in [1.29, 1.82) is 0 Å². The molecule has 0 aliphatic carbocycles. The molecule has 2 N–H and O–H groups in total. The van der Waals surface area contributed by atoms with Gasteiger partial charge in [0, 0.05) is 6.61 Å². The summed E-state index contributed by atoms with van der Waals surface area (Å²) in [4.78, 5) is 0. The quantitative estimate of drug-likeness (QED) is 0.569. The molecular formula is C5H9F2NO. The van der Waals surface area contributed by atoms with E-state index >= 15 is 0 Å². The number of rotatable bonds is 2. The fourth-order valence-electron chi connectivity index (χ4n) is 0.749. The van der Waals surface area contributed by atoms with Crippen molar-refractivity contribution in [2.45, 2.75) is 25.0 Å². The van der Waals surface area contributed by atoms with Gasteiger partial charge >= 0.3 is 6.05 Å². The maximum Gasteiger partial charge on any atom is 0.302 e. The van der Waals surface area contributed by atoms with Gasteiger partial charge in [0.2, 0.25) is 0 Å². The lowest BCUT2D eigenvalue weighted by atomic mass is 10.1. The van der Waals surface area contributed by atoms with Crippen molar-refractivity contribution in [2.75, 3.05) is 6.61 Å². The van der Waals surface area contributed by atoms with Crippen LogP contribution in [-0.2, 0) is 4.74 Å². The predicted molar refractivity (Wildman–Crippen MR) is 28.1 cm³/mol. The van der Waals surface area contributed by atoms with Crippen LogP contribution in [0.1, 0.15) is 12.8 Å². The van der Waals surface area contributed by atoms with Gasteiger partial charge in [-0.25, -0.2) is 0 Å².